The molecule has 1 fully saturated rings. The SMILES string of the molecule is C[C@H](C(=O)Nc1ccc(C(N)=O)cc1)N1CCC(Cc2ccccc2)CC1. The second-order valence-electron chi connectivity index (χ2n) is 7.28. The molecule has 27 heavy (non-hydrogen) atoms. The van der Waals surface area contributed by atoms with Crippen molar-refractivity contribution in [2.24, 2.45) is 11.7 Å². The van der Waals surface area contributed by atoms with Crippen molar-refractivity contribution in [3.8, 4) is 0 Å². The van der Waals surface area contributed by atoms with E-state index in [0.29, 0.717) is 17.2 Å². The van der Waals surface area contributed by atoms with Gasteiger partial charge in [0.1, 0.15) is 0 Å². The first-order valence-electron chi connectivity index (χ1n) is 9.51. The summed E-state index contributed by atoms with van der Waals surface area (Å²) in [6.45, 7) is 3.82. The lowest BCUT2D eigenvalue weighted by Gasteiger charge is -2.35. The molecule has 5 heteroatoms. The summed E-state index contributed by atoms with van der Waals surface area (Å²) >= 11 is 0. The average molecular weight is 365 g/mol. The molecule has 0 aromatic heterocycles. The molecular weight excluding hydrogens is 338 g/mol. The van der Waals surface area contributed by atoms with Gasteiger partial charge in [0.25, 0.3) is 0 Å². The first-order chi connectivity index (χ1) is 13.0. The molecule has 1 atom stereocenters. The van der Waals surface area contributed by atoms with Crippen molar-refractivity contribution in [1.82, 2.24) is 4.90 Å². The van der Waals surface area contributed by atoms with Crippen LogP contribution in [-0.4, -0.2) is 35.8 Å². The summed E-state index contributed by atoms with van der Waals surface area (Å²) in [6.07, 6.45) is 3.33. The van der Waals surface area contributed by atoms with E-state index in [1.54, 1.807) is 24.3 Å². The van der Waals surface area contributed by atoms with E-state index in [4.69, 9.17) is 5.73 Å². The van der Waals surface area contributed by atoms with Crippen LogP contribution < -0.4 is 11.1 Å². The smallest absolute Gasteiger partial charge is 0.248 e. The Labute approximate surface area is 160 Å². The molecule has 3 rings (SSSR count). The van der Waals surface area contributed by atoms with E-state index in [1.165, 1.54) is 5.56 Å². The van der Waals surface area contributed by atoms with Gasteiger partial charge in [-0.3, -0.25) is 14.5 Å². The highest BCUT2D eigenvalue weighted by atomic mass is 16.2. The lowest BCUT2D eigenvalue weighted by atomic mass is 9.89. The third kappa shape index (κ3) is 5.17. The Morgan fingerprint density at radius 2 is 1.70 bits per heavy atom. The monoisotopic (exact) mass is 365 g/mol. The number of nitrogens with two attached hydrogens (primary N) is 1. The number of carbonyl (C=O) groups excluding carboxylic acids is 2. The van der Waals surface area contributed by atoms with Gasteiger partial charge >= 0.3 is 0 Å². The number of rotatable bonds is 6. The zero-order chi connectivity index (χ0) is 19.2. The van der Waals surface area contributed by atoms with E-state index in [-0.39, 0.29) is 11.9 Å². The van der Waals surface area contributed by atoms with Crippen LogP contribution in [0.15, 0.2) is 54.6 Å². The van der Waals surface area contributed by atoms with Crippen molar-refractivity contribution in [3.05, 3.63) is 65.7 Å². The van der Waals surface area contributed by atoms with Gasteiger partial charge in [-0.25, -0.2) is 0 Å². The lowest BCUT2D eigenvalue weighted by molar-refractivity contribution is -0.121. The third-order valence-electron chi connectivity index (χ3n) is 5.38. The predicted octanol–water partition coefficient (Wildman–Crippen LogP) is 3.07. The van der Waals surface area contributed by atoms with Gasteiger partial charge in [0.15, 0.2) is 0 Å². The van der Waals surface area contributed by atoms with Gasteiger partial charge in [0, 0.05) is 11.3 Å². The number of likely N-dealkylation sites (tertiary alicyclic amines) is 1. The second kappa shape index (κ2) is 8.82. The highest BCUT2D eigenvalue weighted by molar-refractivity contribution is 5.96. The molecule has 3 N–H and O–H groups in total. The topological polar surface area (TPSA) is 75.4 Å². The van der Waals surface area contributed by atoms with E-state index in [0.717, 1.165) is 32.4 Å². The van der Waals surface area contributed by atoms with Crippen LogP contribution in [0.25, 0.3) is 0 Å². The van der Waals surface area contributed by atoms with Gasteiger partial charge in [0.05, 0.1) is 6.04 Å². The largest absolute Gasteiger partial charge is 0.366 e. The molecule has 0 spiro atoms. The van der Waals surface area contributed by atoms with Crippen molar-refractivity contribution < 1.29 is 9.59 Å². The van der Waals surface area contributed by atoms with Gasteiger partial charge in [-0.05, 0) is 75.0 Å². The van der Waals surface area contributed by atoms with Crippen LogP contribution >= 0.6 is 0 Å². The number of anilines is 1. The summed E-state index contributed by atoms with van der Waals surface area (Å²) in [7, 11) is 0. The molecule has 0 saturated carbocycles. The van der Waals surface area contributed by atoms with E-state index < -0.39 is 5.91 Å². The summed E-state index contributed by atoms with van der Waals surface area (Å²) in [5, 5.41) is 2.92. The van der Waals surface area contributed by atoms with Gasteiger partial charge < -0.3 is 11.1 Å². The molecule has 5 nitrogen and oxygen atoms in total. The fraction of sp³-hybridized carbons (Fsp3) is 0.364. The van der Waals surface area contributed by atoms with Gasteiger partial charge in [-0.15, -0.1) is 0 Å². The van der Waals surface area contributed by atoms with Crippen LogP contribution in [0.5, 0.6) is 0 Å². The lowest BCUT2D eigenvalue weighted by Crippen LogP contribution is -2.46. The second-order valence-corrected chi connectivity index (χ2v) is 7.28. The number of carbonyl (C=O) groups is 2. The zero-order valence-corrected chi connectivity index (χ0v) is 15.7. The molecule has 1 heterocycles. The van der Waals surface area contributed by atoms with Crippen molar-refractivity contribution >= 4 is 17.5 Å². The van der Waals surface area contributed by atoms with E-state index in [9.17, 15) is 9.59 Å². The van der Waals surface area contributed by atoms with E-state index >= 15 is 0 Å². The highest BCUT2D eigenvalue weighted by Gasteiger charge is 2.26. The molecule has 1 saturated heterocycles. The molecule has 142 valence electrons. The summed E-state index contributed by atoms with van der Waals surface area (Å²) in [6, 6.07) is 17.1. The number of nitrogens with one attached hydrogen (secondary N) is 1. The van der Waals surface area contributed by atoms with Crippen molar-refractivity contribution in [3.63, 3.8) is 0 Å². The van der Waals surface area contributed by atoms with Gasteiger partial charge in [-0.1, -0.05) is 30.3 Å². The highest BCUT2D eigenvalue weighted by Crippen LogP contribution is 2.23. The average Bonchev–Trinajstić information content (AvgIpc) is 2.69. The molecule has 2 aromatic rings. The van der Waals surface area contributed by atoms with E-state index in [1.807, 2.05) is 13.0 Å². The molecule has 0 bridgehead atoms. The summed E-state index contributed by atoms with van der Waals surface area (Å²) in [5.41, 5.74) is 7.74. The predicted molar refractivity (Wildman–Crippen MR) is 107 cm³/mol. The molecule has 0 aliphatic carbocycles. The Kier molecular flexibility index (Phi) is 6.24. The fourth-order valence-corrected chi connectivity index (χ4v) is 3.62. The normalized spacial score (nSPS) is 16.6. The van der Waals surface area contributed by atoms with Crippen molar-refractivity contribution in [1.29, 1.82) is 0 Å². The number of hydrogen-bond acceptors (Lipinski definition) is 3. The summed E-state index contributed by atoms with van der Waals surface area (Å²) < 4.78 is 0. The number of benzene rings is 2. The Morgan fingerprint density at radius 1 is 1.07 bits per heavy atom. The maximum Gasteiger partial charge on any atom is 0.248 e. The van der Waals surface area contributed by atoms with Gasteiger partial charge in [-0.2, -0.15) is 0 Å². The molecule has 0 radical (unpaired) electrons. The van der Waals surface area contributed by atoms with Crippen molar-refractivity contribution in [2.75, 3.05) is 18.4 Å². The maximum absolute atomic E-state index is 12.6. The third-order valence-corrected chi connectivity index (χ3v) is 5.38. The van der Waals surface area contributed by atoms with Crippen LogP contribution in [-0.2, 0) is 11.2 Å². The number of hydrogen-bond donors (Lipinski definition) is 2. The summed E-state index contributed by atoms with van der Waals surface area (Å²) in [4.78, 5) is 25.9. The number of primary amides is 1. The number of nitrogens with zero attached hydrogens (tertiary/aromatic N) is 1. The first kappa shape index (κ1) is 19.1. The van der Waals surface area contributed by atoms with Crippen LogP contribution in [0.4, 0.5) is 5.69 Å². The number of amides is 2. The Balaban J connectivity index is 1.48. The van der Waals surface area contributed by atoms with Crippen LogP contribution in [0.2, 0.25) is 0 Å². The standard InChI is InChI=1S/C22H27N3O2/c1-16(22(27)24-20-9-7-19(8-10-20)21(23)26)25-13-11-18(12-14-25)15-17-5-3-2-4-6-17/h2-10,16,18H,11-15H2,1H3,(H2,23,26)(H,24,27)/t16-/m1/s1. The van der Waals surface area contributed by atoms with E-state index in [2.05, 4.69) is 34.5 Å². The molecule has 1 aliphatic heterocycles. The minimum Gasteiger partial charge on any atom is -0.366 e. The first-order valence-corrected chi connectivity index (χ1v) is 9.51. The minimum absolute atomic E-state index is 0.0247. The minimum atomic E-state index is -0.473. The molecule has 2 aromatic carbocycles. The summed E-state index contributed by atoms with van der Waals surface area (Å²) in [5.74, 6) is 0.184. The van der Waals surface area contributed by atoms with Crippen molar-refractivity contribution in [2.45, 2.75) is 32.2 Å². The van der Waals surface area contributed by atoms with Crippen LogP contribution in [0.3, 0.4) is 0 Å². The van der Waals surface area contributed by atoms with Crippen LogP contribution in [0, 0.1) is 5.92 Å². The Hall–Kier alpha value is -2.66. The van der Waals surface area contributed by atoms with Crippen LogP contribution in [0.1, 0.15) is 35.7 Å². The zero-order valence-electron chi connectivity index (χ0n) is 15.7. The molecule has 0 unspecified atom stereocenters. The molecule has 1 aliphatic rings. The Morgan fingerprint density at radius 3 is 2.30 bits per heavy atom. The maximum atomic E-state index is 12.6. The van der Waals surface area contributed by atoms with Gasteiger partial charge in [0.2, 0.25) is 11.8 Å². The fourth-order valence-electron chi connectivity index (χ4n) is 3.62. The molecule has 2 amide bonds. The number of piperidine rings is 1. The quantitative estimate of drug-likeness (QED) is 0.826. The molecular formula is C22H27N3O2. The Bertz CT molecular complexity index is 766.